The first-order valence-corrected chi connectivity index (χ1v) is 8.76. The fourth-order valence-electron chi connectivity index (χ4n) is 3.55. The Morgan fingerprint density at radius 2 is 2.00 bits per heavy atom. The van der Waals surface area contributed by atoms with Crippen LogP contribution in [0.15, 0.2) is 36.7 Å². The minimum absolute atomic E-state index is 0.134. The number of hydrogen-bond donors (Lipinski definition) is 2. The van der Waals surface area contributed by atoms with Crippen LogP contribution in [0.1, 0.15) is 34.0 Å². The number of carbonyl (C=O) groups is 2. The molecule has 6 nitrogen and oxygen atoms in total. The molecule has 6 heteroatoms. The molecule has 0 saturated heterocycles. The topological polar surface area (TPSA) is 86.3 Å². The lowest BCUT2D eigenvalue weighted by atomic mass is 10.0. The van der Waals surface area contributed by atoms with Crippen molar-refractivity contribution in [1.82, 2.24) is 14.9 Å². The number of likely N-dealkylation sites (N-methyl/N-ethyl adjacent to an activating group) is 1. The standard InChI is InChI=1S/C21H23N3O3/c1-12-8-13(2)19-17(9-12)16(14(3)23-19)10-18(25)24(4)20(21(26)27)15-6-5-7-22-11-15/h5-9,11,20,23H,10H2,1-4H3,(H,26,27)/t20-/m1/s1. The number of rotatable bonds is 5. The van der Waals surface area contributed by atoms with Crippen LogP contribution in [0.2, 0.25) is 0 Å². The molecule has 0 radical (unpaired) electrons. The quantitative estimate of drug-likeness (QED) is 0.726. The number of aliphatic carboxylic acids is 1. The molecule has 0 aliphatic rings. The van der Waals surface area contributed by atoms with Crippen molar-refractivity contribution >= 4 is 22.8 Å². The van der Waals surface area contributed by atoms with E-state index in [0.29, 0.717) is 5.56 Å². The number of carbonyl (C=O) groups excluding carboxylic acids is 1. The lowest BCUT2D eigenvalue weighted by Crippen LogP contribution is -2.36. The van der Waals surface area contributed by atoms with E-state index in [-0.39, 0.29) is 12.3 Å². The molecular weight excluding hydrogens is 342 g/mol. The molecular formula is C21H23N3O3. The van der Waals surface area contributed by atoms with E-state index in [0.717, 1.165) is 33.3 Å². The van der Waals surface area contributed by atoms with Gasteiger partial charge in [0.1, 0.15) is 0 Å². The van der Waals surface area contributed by atoms with Crippen LogP contribution in [0.25, 0.3) is 10.9 Å². The highest BCUT2D eigenvalue weighted by Gasteiger charge is 2.29. The summed E-state index contributed by atoms with van der Waals surface area (Å²) in [6, 6.07) is 6.42. The normalized spacial score (nSPS) is 12.1. The van der Waals surface area contributed by atoms with E-state index in [1.54, 1.807) is 18.3 Å². The zero-order valence-electron chi connectivity index (χ0n) is 15.9. The molecule has 2 heterocycles. The number of pyridine rings is 1. The first kappa shape index (κ1) is 18.6. The summed E-state index contributed by atoms with van der Waals surface area (Å²) >= 11 is 0. The second-order valence-electron chi connectivity index (χ2n) is 6.94. The first-order chi connectivity index (χ1) is 12.8. The molecule has 140 valence electrons. The maximum absolute atomic E-state index is 12.9. The summed E-state index contributed by atoms with van der Waals surface area (Å²) in [5.41, 5.74) is 5.57. The number of nitrogens with one attached hydrogen (secondary N) is 1. The Kier molecular flexibility index (Phi) is 4.99. The average Bonchev–Trinajstić information content (AvgIpc) is 2.92. The Labute approximate surface area is 157 Å². The highest BCUT2D eigenvalue weighted by molar-refractivity contribution is 5.93. The van der Waals surface area contributed by atoms with Gasteiger partial charge in [0.25, 0.3) is 0 Å². The summed E-state index contributed by atoms with van der Waals surface area (Å²) < 4.78 is 0. The van der Waals surface area contributed by atoms with Crippen molar-refractivity contribution in [2.24, 2.45) is 0 Å². The maximum Gasteiger partial charge on any atom is 0.331 e. The van der Waals surface area contributed by atoms with Gasteiger partial charge >= 0.3 is 5.97 Å². The van der Waals surface area contributed by atoms with Crippen LogP contribution < -0.4 is 0 Å². The van der Waals surface area contributed by atoms with Gasteiger partial charge in [0, 0.05) is 41.6 Å². The zero-order chi connectivity index (χ0) is 19.7. The number of aromatic nitrogens is 2. The summed E-state index contributed by atoms with van der Waals surface area (Å²) in [5.74, 6) is -1.34. The molecule has 0 saturated carbocycles. The van der Waals surface area contributed by atoms with Gasteiger partial charge in [-0.15, -0.1) is 0 Å². The third kappa shape index (κ3) is 3.56. The Bertz CT molecular complexity index is 1010. The molecule has 0 bridgehead atoms. The van der Waals surface area contributed by atoms with Crippen LogP contribution in [-0.2, 0) is 16.0 Å². The second-order valence-corrected chi connectivity index (χ2v) is 6.94. The molecule has 0 aliphatic carbocycles. The van der Waals surface area contributed by atoms with Crippen LogP contribution in [0.4, 0.5) is 0 Å². The van der Waals surface area contributed by atoms with Gasteiger partial charge in [-0.2, -0.15) is 0 Å². The number of fused-ring (bicyclic) bond motifs is 1. The summed E-state index contributed by atoms with van der Waals surface area (Å²) in [4.78, 5) is 33.3. The van der Waals surface area contributed by atoms with Crippen molar-refractivity contribution in [3.63, 3.8) is 0 Å². The lowest BCUT2D eigenvalue weighted by molar-refractivity contribution is -0.149. The van der Waals surface area contributed by atoms with E-state index in [2.05, 4.69) is 22.1 Å². The number of carboxylic acids is 1. The third-order valence-corrected chi connectivity index (χ3v) is 4.91. The molecule has 0 fully saturated rings. The molecule has 27 heavy (non-hydrogen) atoms. The first-order valence-electron chi connectivity index (χ1n) is 8.76. The smallest absolute Gasteiger partial charge is 0.331 e. The van der Waals surface area contributed by atoms with Crippen LogP contribution in [0, 0.1) is 20.8 Å². The predicted octanol–water partition coefficient (Wildman–Crippen LogP) is 3.31. The summed E-state index contributed by atoms with van der Waals surface area (Å²) in [7, 11) is 1.52. The maximum atomic E-state index is 12.9. The average molecular weight is 365 g/mol. The Morgan fingerprint density at radius 3 is 2.63 bits per heavy atom. The van der Waals surface area contributed by atoms with Crippen molar-refractivity contribution in [2.45, 2.75) is 33.2 Å². The van der Waals surface area contributed by atoms with E-state index < -0.39 is 12.0 Å². The van der Waals surface area contributed by atoms with Crippen molar-refractivity contribution in [1.29, 1.82) is 0 Å². The largest absolute Gasteiger partial charge is 0.479 e. The number of amides is 1. The number of H-pyrrole nitrogens is 1. The molecule has 3 rings (SSSR count). The fraction of sp³-hybridized carbons (Fsp3) is 0.286. The zero-order valence-corrected chi connectivity index (χ0v) is 15.9. The molecule has 0 aliphatic heterocycles. The van der Waals surface area contributed by atoms with E-state index >= 15 is 0 Å². The summed E-state index contributed by atoms with van der Waals surface area (Å²) in [6.45, 7) is 5.99. The van der Waals surface area contributed by atoms with Crippen LogP contribution in [0.5, 0.6) is 0 Å². The highest BCUT2D eigenvalue weighted by Crippen LogP contribution is 2.28. The van der Waals surface area contributed by atoms with Crippen LogP contribution in [-0.4, -0.2) is 38.9 Å². The minimum Gasteiger partial charge on any atom is -0.479 e. The third-order valence-electron chi connectivity index (χ3n) is 4.91. The van der Waals surface area contributed by atoms with Crippen LogP contribution in [0.3, 0.4) is 0 Å². The molecule has 1 atom stereocenters. The number of hydrogen-bond acceptors (Lipinski definition) is 3. The van der Waals surface area contributed by atoms with Crippen molar-refractivity contribution in [3.05, 3.63) is 64.6 Å². The summed E-state index contributed by atoms with van der Waals surface area (Å²) in [6.07, 6.45) is 3.19. The minimum atomic E-state index is -1.08. The van der Waals surface area contributed by atoms with Crippen LogP contribution >= 0.6 is 0 Å². The highest BCUT2D eigenvalue weighted by atomic mass is 16.4. The number of benzene rings is 1. The SMILES string of the molecule is Cc1cc(C)c2[nH]c(C)c(CC(=O)N(C)[C@@H](C(=O)O)c3cccnc3)c2c1. The number of aryl methyl sites for hydroxylation is 3. The van der Waals surface area contributed by atoms with Gasteiger partial charge in [-0.25, -0.2) is 4.79 Å². The van der Waals surface area contributed by atoms with Gasteiger partial charge in [-0.3, -0.25) is 9.78 Å². The monoisotopic (exact) mass is 365 g/mol. The van der Waals surface area contributed by atoms with Gasteiger partial charge < -0.3 is 15.0 Å². The fourth-order valence-corrected chi connectivity index (χ4v) is 3.55. The second kappa shape index (κ2) is 7.23. The molecule has 1 amide bonds. The van der Waals surface area contributed by atoms with Gasteiger partial charge in [0.05, 0.1) is 6.42 Å². The summed E-state index contributed by atoms with van der Waals surface area (Å²) in [5, 5.41) is 10.7. The molecule has 0 unspecified atom stereocenters. The van der Waals surface area contributed by atoms with E-state index in [1.807, 2.05) is 20.8 Å². The number of carboxylic acid groups (broad SMARTS) is 1. The Balaban J connectivity index is 1.94. The number of aromatic amines is 1. The molecule has 2 aromatic heterocycles. The van der Waals surface area contributed by atoms with Crippen molar-refractivity contribution < 1.29 is 14.7 Å². The van der Waals surface area contributed by atoms with E-state index in [9.17, 15) is 14.7 Å². The number of nitrogens with zero attached hydrogens (tertiary/aromatic N) is 2. The van der Waals surface area contributed by atoms with E-state index in [4.69, 9.17) is 0 Å². The Hall–Kier alpha value is -3.15. The van der Waals surface area contributed by atoms with Crippen molar-refractivity contribution in [3.8, 4) is 0 Å². The van der Waals surface area contributed by atoms with Gasteiger partial charge in [-0.05, 0) is 44.0 Å². The van der Waals surface area contributed by atoms with Gasteiger partial charge in [0.15, 0.2) is 6.04 Å². The van der Waals surface area contributed by atoms with Crippen molar-refractivity contribution in [2.75, 3.05) is 7.05 Å². The van der Waals surface area contributed by atoms with Gasteiger partial charge in [-0.1, -0.05) is 17.7 Å². The lowest BCUT2D eigenvalue weighted by Gasteiger charge is -2.25. The van der Waals surface area contributed by atoms with E-state index in [1.165, 1.54) is 18.1 Å². The molecule has 1 aromatic carbocycles. The molecule has 0 spiro atoms. The van der Waals surface area contributed by atoms with Gasteiger partial charge in [0.2, 0.25) is 5.91 Å². The Morgan fingerprint density at radius 1 is 1.26 bits per heavy atom. The molecule has 3 aromatic rings. The molecule has 2 N–H and O–H groups in total. The predicted molar refractivity (Wildman–Crippen MR) is 104 cm³/mol.